The van der Waals surface area contributed by atoms with E-state index in [1.54, 1.807) is 5.32 Å². The van der Waals surface area contributed by atoms with Crippen LogP contribution < -0.4 is 5.32 Å². The molecule has 0 spiro atoms. The molecule has 0 radical (unpaired) electrons. The van der Waals surface area contributed by atoms with E-state index in [0.29, 0.717) is 11.3 Å². The number of alkyl halides is 3. The minimum atomic E-state index is -4.61. The molecular formula is C15H18F3N3O4. The van der Waals surface area contributed by atoms with Crippen molar-refractivity contribution in [1.29, 1.82) is 0 Å². The number of halogens is 3. The minimum absolute atomic E-state index is 0.00983. The first-order valence-electron chi connectivity index (χ1n) is 7.88. The van der Waals surface area contributed by atoms with Crippen molar-refractivity contribution in [3.05, 3.63) is 11.6 Å². The van der Waals surface area contributed by atoms with Gasteiger partial charge in [0.2, 0.25) is 5.91 Å². The highest BCUT2D eigenvalue weighted by Gasteiger charge is 2.45. The Hall–Kier alpha value is -2.39. The lowest BCUT2D eigenvalue weighted by atomic mass is 9.97. The summed E-state index contributed by atoms with van der Waals surface area (Å²) in [4.78, 5) is 48.4. The lowest BCUT2D eigenvalue weighted by Gasteiger charge is -2.17. The van der Waals surface area contributed by atoms with Gasteiger partial charge in [-0.2, -0.15) is 13.2 Å². The van der Waals surface area contributed by atoms with Crippen LogP contribution in [0.3, 0.4) is 0 Å². The Balaban J connectivity index is 1.91. The fourth-order valence-electron chi connectivity index (χ4n) is 2.67. The number of nitrogens with zero attached hydrogens (tertiary/aromatic N) is 2. The van der Waals surface area contributed by atoms with Crippen LogP contribution in [0.2, 0.25) is 0 Å². The monoisotopic (exact) mass is 361 g/mol. The second-order valence-electron chi connectivity index (χ2n) is 5.88. The highest BCUT2D eigenvalue weighted by atomic mass is 19.4. The number of amides is 5. The molecule has 1 N–H and O–H groups in total. The molecule has 0 atom stereocenters. The SMILES string of the molecule is O=C(CN1C(=O)C(=O)N(CCC2=CCCCC2)C1=O)NCC(F)(F)F. The fourth-order valence-corrected chi connectivity index (χ4v) is 2.67. The van der Waals surface area contributed by atoms with Gasteiger partial charge in [-0.15, -0.1) is 0 Å². The highest BCUT2D eigenvalue weighted by Crippen LogP contribution is 2.22. The quantitative estimate of drug-likeness (QED) is 0.439. The predicted octanol–water partition coefficient (Wildman–Crippen LogP) is 1.35. The molecule has 1 aliphatic carbocycles. The summed E-state index contributed by atoms with van der Waals surface area (Å²) in [6, 6.07) is -0.978. The van der Waals surface area contributed by atoms with E-state index in [4.69, 9.17) is 0 Å². The Morgan fingerprint density at radius 2 is 1.80 bits per heavy atom. The van der Waals surface area contributed by atoms with Crippen molar-refractivity contribution in [3.63, 3.8) is 0 Å². The Bertz CT molecular complexity index is 616. The third-order valence-electron chi connectivity index (χ3n) is 3.96. The Morgan fingerprint density at radius 3 is 2.40 bits per heavy atom. The Morgan fingerprint density at radius 1 is 1.12 bits per heavy atom. The third-order valence-corrected chi connectivity index (χ3v) is 3.96. The molecule has 10 heteroatoms. The molecule has 138 valence electrons. The molecule has 1 heterocycles. The molecule has 1 fully saturated rings. The lowest BCUT2D eigenvalue weighted by molar-refractivity contribution is -0.145. The standard InChI is InChI=1S/C15H18F3N3O4/c16-15(17,18)9-19-11(22)8-21-13(24)12(23)20(14(21)25)7-6-10-4-2-1-3-5-10/h4H,1-3,5-9H2,(H,19,22). The summed E-state index contributed by atoms with van der Waals surface area (Å²) in [5.74, 6) is -3.43. The van der Waals surface area contributed by atoms with Gasteiger partial charge in [-0.1, -0.05) is 11.6 Å². The zero-order valence-corrected chi connectivity index (χ0v) is 13.4. The zero-order valence-electron chi connectivity index (χ0n) is 13.4. The number of carbonyl (C=O) groups is 4. The van der Waals surface area contributed by atoms with Crippen molar-refractivity contribution in [2.75, 3.05) is 19.6 Å². The average molecular weight is 361 g/mol. The van der Waals surface area contributed by atoms with Crippen LogP contribution in [-0.2, 0) is 14.4 Å². The maximum Gasteiger partial charge on any atom is 0.405 e. The van der Waals surface area contributed by atoms with Gasteiger partial charge in [0.15, 0.2) is 0 Å². The van der Waals surface area contributed by atoms with Crippen LogP contribution in [0, 0.1) is 0 Å². The first kappa shape index (κ1) is 18.9. The maximum absolute atomic E-state index is 12.1. The summed E-state index contributed by atoms with van der Waals surface area (Å²) in [5.41, 5.74) is 1.10. The van der Waals surface area contributed by atoms with Crippen molar-refractivity contribution in [2.24, 2.45) is 0 Å². The molecule has 2 rings (SSSR count). The summed E-state index contributed by atoms with van der Waals surface area (Å²) >= 11 is 0. The number of nitrogens with one attached hydrogen (secondary N) is 1. The molecule has 5 amide bonds. The van der Waals surface area contributed by atoms with Gasteiger partial charge in [0, 0.05) is 6.54 Å². The van der Waals surface area contributed by atoms with E-state index in [0.717, 1.165) is 36.2 Å². The van der Waals surface area contributed by atoms with Crippen molar-refractivity contribution in [2.45, 2.75) is 38.3 Å². The normalized spacial score (nSPS) is 18.7. The van der Waals surface area contributed by atoms with Crippen LogP contribution in [0.5, 0.6) is 0 Å². The molecule has 2 aliphatic rings. The second kappa shape index (κ2) is 7.66. The van der Waals surface area contributed by atoms with E-state index in [1.165, 1.54) is 0 Å². The van der Waals surface area contributed by atoms with Gasteiger partial charge in [-0.25, -0.2) is 9.69 Å². The van der Waals surface area contributed by atoms with Crippen molar-refractivity contribution >= 4 is 23.8 Å². The van der Waals surface area contributed by atoms with E-state index < -0.39 is 43.0 Å². The van der Waals surface area contributed by atoms with Gasteiger partial charge in [0.25, 0.3) is 0 Å². The molecule has 7 nitrogen and oxygen atoms in total. The largest absolute Gasteiger partial charge is 0.405 e. The van der Waals surface area contributed by atoms with Gasteiger partial charge < -0.3 is 5.32 Å². The van der Waals surface area contributed by atoms with E-state index in [-0.39, 0.29) is 6.54 Å². The first-order valence-corrected chi connectivity index (χ1v) is 7.88. The lowest BCUT2D eigenvalue weighted by Crippen LogP contribution is -2.43. The average Bonchev–Trinajstić information content (AvgIpc) is 2.75. The second-order valence-corrected chi connectivity index (χ2v) is 5.88. The number of imide groups is 2. The Labute approximate surface area is 141 Å². The van der Waals surface area contributed by atoms with Gasteiger partial charge in [0.05, 0.1) is 0 Å². The van der Waals surface area contributed by atoms with Crippen LogP contribution in [0.4, 0.5) is 18.0 Å². The molecule has 1 saturated heterocycles. The van der Waals surface area contributed by atoms with Crippen LogP contribution in [0.15, 0.2) is 11.6 Å². The predicted molar refractivity (Wildman–Crippen MR) is 79.1 cm³/mol. The molecule has 0 aromatic carbocycles. The number of allylic oxidation sites excluding steroid dienone is 1. The zero-order chi connectivity index (χ0) is 18.6. The number of rotatable bonds is 6. The van der Waals surface area contributed by atoms with Gasteiger partial charge in [-0.05, 0) is 32.1 Å². The molecule has 0 saturated carbocycles. The van der Waals surface area contributed by atoms with E-state index in [1.807, 2.05) is 6.08 Å². The number of hydrogen-bond acceptors (Lipinski definition) is 4. The van der Waals surface area contributed by atoms with Gasteiger partial charge in [-0.3, -0.25) is 19.3 Å². The summed E-state index contributed by atoms with van der Waals surface area (Å²) in [7, 11) is 0. The summed E-state index contributed by atoms with van der Waals surface area (Å²) in [6.07, 6.45) is 1.79. The summed E-state index contributed by atoms with van der Waals surface area (Å²) in [6.45, 7) is -2.48. The van der Waals surface area contributed by atoms with Gasteiger partial charge in [0.1, 0.15) is 13.1 Å². The van der Waals surface area contributed by atoms with Gasteiger partial charge >= 0.3 is 24.0 Å². The summed E-state index contributed by atoms with van der Waals surface area (Å²) in [5, 5.41) is 1.55. The van der Waals surface area contributed by atoms with Crippen LogP contribution in [0.25, 0.3) is 0 Å². The summed E-state index contributed by atoms with van der Waals surface area (Å²) < 4.78 is 36.2. The minimum Gasteiger partial charge on any atom is -0.345 e. The fraction of sp³-hybridized carbons (Fsp3) is 0.600. The topological polar surface area (TPSA) is 86.8 Å². The molecule has 0 bridgehead atoms. The molecule has 0 aromatic heterocycles. The Kier molecular flexibility index (Phi) is 5.81. The third kappa shape index (κ3) is 5.04. The maximum atomic E-state index is 12.1. The number of hydrogen-bond donors (Lipinski definition) is 1. The molecule has 0 aromatic rings. The molecular weight excluding hydrogens is 343 g/mol. The van der Waals surface area contributed by atoms with Crippen LogP contribution in [0.1, 0.15) is 32.1 Å². The smallest absolute Gasteiger partial charge is 0.345 e. The van der Waals surface area contributed by atoms with Crippen molar-refractivity contribution in [3.8, 4) is 0 Å². The van der Waals surface area contributed by atoms with E-state index >= 15 is 0 Å². The molecule has 0 unspecified atom stereocenters. The number of carbonyl (C=O) groups excluding carboxylic acids is 4. The van der Waals surface area contributed by atoms with E-state index in [2.05, 4.69) is 0 Å². The van der Waals surface area contributed by atoms with Crippen molar-refractivity contribution < 1.29 is 32.3 Å². The van der Waals surface area contributed by atoms with Crippen LogP contribution >= 0.6 is 0 Å². The first-order chi connectivity index (χ1) is 11.7. The molecule has 1 aliphatic heterocycles. The van der Waals surface area contributed by atoms with Crippen molar-refractivity contribution in [1.82, 2.24) is 15.1 Å². The van der Waals surface area contributed by atoms with Crippen LogP contribution in [-0.4, -0.2) is 59.4 Å². The van der Waals surface area contributed by atoms with E-state index in [9.17, 15) is 32.3 Å². The highest BCUT2D eigenvalue weighted by molar-refractivity contribution is 6.45. The molecule has 25 heavy (non-hydrogen) atoms. The number of urea groups is 1.